The van der Waals surface area contributed by atoms with Gasteiger partial charge in [-0.3, -0.25) is 4.79 Å². The van der Waals surface area contributed by atoms with Gasteiger partial charge in [-0.05, 0) is 110 Å². The summed E-state index contributed by atoms with van der Waals surface area (Å²) in [4.78, 5) is 11.9. The van der Waals surface area contributed by atoms with Gasteiger partial charge in [-0.1, -0.05) is 72.3 Å². The van der Waals surface area contributed by atoms with Crippen molar-refractivity contribution in [3.8, 4) is 5.75 Å². The van der Waals surface area contributed by atoms with E-state index in [0.717, 1.165) is 25.9 Å². The molecule has 4 rings (SSSR count). The molecular formula is C35H58O4Si. The summed E-state index contributed by atoms with van der Waals surface area (Å²) in [5.41, 5.74) is 2.97. The van der Waals surface area contributed by atoms with Crippen LogP contribution in [0.5, 0.6) is 5.75 Å². The fourth-order valence-electron chi connectivity index (χ4n) is 8.34. The van der Waals surface area contributed by atoms with Crippen LogP contribution in [-0.2, 0) is 20.4 Å². The van der Waals surface area contributed by atoms with Crippen LogP contribution in [0.3, 0.4) is 0 Å². The molecule has 3 aliphatic carbocycles. The Morgan fingerprint density at radius 2 is 1.70 bits per heavy atom. The highest BCUT2D eigenvalue weighted by Gasteiger charge is 2.58. The zero-order chi connectivity index (χ0) is 29.1. The maximum Gasteiger partial charge on any atom is 0.302 e. The molecule has 5 heteroatoms. The van der Waals surface area contributed by atoms with Crippen molar-refractivity contribution in [2.45, 2.75) is 148 Å². The summed E-state index contributed by atoms with van der Waals surface area (Å²) in [7, 11) is -1.61. The quantitative estimate of drug-likeness (QED) is 0.154. The van der Waals surface area contributed by atoms with Crippen molar-refractivity contribution < 1.29 is 19.1 Å². The number of hydrogen-bond donors (Lipinski definition) is 1. The minimum atomic E-state index is -1.61. The van der Waals surface area contributed by atoms with E-state index in [1.807, 2.05) is 12.1 Å². The van der Waals surface area contributed by atoms with E-state index in [-0.39, 0.29) is 17.5 Å². The van der Waals surface area contributed by atoms with Gasteiger partial charge in [0.2, 0.25) is 0 Å². The molecule has 6 atom stereocenters. The SMILES string of the molecule is CC(=O)O[C@H]1CC[C@H]2[C@@H]3[C@H](CCCCCCCCCO[Si](C)(C)C(C)(C)C)Cc4cc(O)ccc4[C@H]3CC[C@]12C. The standard InChI is InChI=1S/C35H58O4Si/c1-25(36)39-32-19-18-31-33-26(15-13-11-9-8-10-12-14-22-38-40(6,7)34(2,3)4)23-27-24-28(37)16-17-29(27)30(33)20-21-35(31,32)5/h16-17,24,26,30-33,37H,8-15,18-23H2,1-7H3/t26-,30-,31+,32+,33-,35+/m1/s1. The highest BCUT2D eigenvalue weighted by molar-refractivity contribution is 6.74. The second kappa shape index (κ2) is 12.9. The zero-order valence-corrected chi connectivity index (χ0v) is 27.7. The Bertz CT molecular complexity index is 998. The Morgan fingerprint density at radius 1 is 1.02 bits per heavy atom. The monoisotopic (exact) mass is 570 g/mol. The lowest BCUT2D eigenvalue weighted by Gasteiger charge is -2.53. The van der Waals surface area contributed by atoms with Crippen LogP contribution < -0.4 is 0 Å². The molecule has 0 aliphatic heterocycles. The van der Waals surface area contributed by atoms with E-state index in [0.29, 0.717) is 34.5 Å². The summed E-state index contributed by atoms with van der Waals surface area (Å²) in [6, 6.07) is 6.13. The molecule has 2 saturated carbocycles. The first-order chi connectivity index (χ1) is 18.8. The van der Waals surface area contributed by atoms with Crippen molar-refractivity contribution >= 4 is 14.3 Å². The van der Waals surface area contributed by atoms with Crippen LogP contribution in [-0.4, -0.2) is 32.1 Å². The number of phenols is 1. The molecule has 2 fully saturated rings. The summed E-state index contributed by atoms with van der Waals surface area (Å²) >= 11 is 0. The van der Waals surface area contributed by atoms with Crippen molar-refractivity contribution in [3.63, 3.8) is 0 Å². The fourth-order valence-corrected chi connectivity index (χ4v) is 9.43. The first-order valence-electron chi connectivity index (χ1n) is 16.5. The molecule has 4 nitrogen and oxygen atoms in total. The second-order valence-electron chi connectivity index (χ2n) is 15.2. The van der Waals surface area contributed by atoms with E-state index in [4.69, 9.17) is 9.16 Å². The third kappa shape index (κ3) is 6.99. The minimum Gasteiger partial charge on any atom is -0.508 e. The molecule has 0 amide bonds. The van der Waals surface area contributed by atoms with Crippen LogP contribution in [0, 0.1) is 23.2 Å². The predicted octanol–water partition coefficient (Wildman–Crippen LogP) is 9.55. The molecule has 0 spiro atoms. The van der Waals surface area contributed by atoms with Crippen LogP contribution in [0.4, 0.5) is 0 Å². The highest BCUT2D eigenvalue weighted by atomic mass is 28.4. The molecule has 0 aromatic heterocycles. The summed E-state index contributed by atoms with van der Waals surface area (Å²) in [6.45, 7) is 16.5. The van der Waals surface area contributed by atoms with Gasteiger partial charge in [-0.25, -0.2) is 0 Å². The number of rotatable bonds is 12. The van der Waals surface area contributed by atoms with Gasteiger partial charge in [0.15, 0.2) is 8.32 Å². The number of fused-ring (bicyclic) bond motifs is 5. The topological polar surface area (TPSA) is 55.8 Å². The number of aromatic hydroxyl groups is 1. The van der Waals surface area contributed by atoms with Crippen molar-refractivity contribution in [1.29, 1.82) is 0 Å². The van der Waals surface area contributed by atoms with Gasteiger partial charge in [0, 0.05) is 18.9 Å². The molecule has 1 aromatic carbocycles. The van der Waals surface area contributed by atoms with E-state index in [2.05, 4.69) is 46.9 Å². The van der Waals surface area contributed by atoms with Crippen molar-refractivity contribution in [3.05, 3.63) is 29.3 Å². The lowest BCUT2D eigenvalue weighted by Crippen LogP contribution is -2.48. The van der Waals surface area contributed by atoms with Gasteiger partial charge >= 0.3 is 5.97 Å². The van der Waals surface area contributed by atoms with Crippen LogP contribution in [0.25, 0.3) is 0 Å². The minimum absolute atomic E-state index is 0.0742. The number of phenolic OH excluding ortho intramolecular Hbond substituents is 1. The molecule has 0 heterocycles. The van der Waals surface area contributed by atoms with Crippen molar-refractivity contribution in [2.24, 2.45) is 23.2 Å². The Labute approximate surface area is 246 Å². The van der Waals surface area contributed by atoms with Gasteiger partial charge in [0.25, 0.3) is 0 Å². The third-order valence-corrected chi connectivity index (χ3v) is 16.1. The summed E-state index contributed by atoms with van der Waals surface area (Å²) < 4.78 is 12.2. The van der Waals surface area contributed by atoms with Crippen LogP contribution in [0.2, 0.25) is 18.1 Å². The summed E-state index contributed by atoms with van der Waals surface area (Å²) in [5.74, 6) is 2.80. The van der Waals surface area contributed by atoms with Gasteiger partial charge in [-0.2, -0.15) is 0 Å². The molecule has 3 aliphatic rings. The van der Waals surface area contributed by atoms with Crippen molar-refractivity contribution in [1.82, 2.24) is 0 Å². The van der Waals surface area contributed by atoms with E-state index < -0.39 is 8.32 Å². The average Bonchev–Trinajstić information content (AvgIpc) is 3.19. The summed E-state index contributed by atoms with van der Waals surface area (Å²) in [5, 5.41) is 10.5. The first kappa shape index (κ1) is 31.6. The van der Waals surface area contributed by atoms with Gasteiger partial charge < -0.3 is 14.3 Å². The maximum atomic E-state index is 11.9. The fraction of sp³-hybridized carbons (Fsp3) is 0.800. The van der Waals surface area contributed by atoms with Crippen LogP contribution in [0.1, 0.15) is 129 Å². The number of esters is 1. The van der Waals surface area contributed by atoms with Crippen LogP contribution >= 0.6 is 0 Å². The van der Waals surface area contributed by atoms with E-state index in [1.54, 1.807) is 6.92 Å². The summed E-state index contributed by atoms with van der Waals surface area (Å²) in [6.07, 6.45) is 16.0. The Kier molecular flexibility index (Phi) is 10.2. The Hall–Kier alpha value is -1.33. The molecule has 226 valence electrons. The van der Waals surface area contributed by atoms with Gasteiger partial charge in [-0.15, -0.1) is 0 Å². The van der Waals surface area contributed by atoms with Crippen LogP contribution in [0.15, 0.2) is 18.2 Å². The molecule has 0 saturated heterocycles. The highest BCUT2D eigenvalue weighted by Crippen LogP contribution is 2.63. The third-order valence-electron chi connectivity index (χ3n) is 11.6. The van der Waals surface area contributed by atoms with E-state index in [1.165, 1.54) is 75.3 Å². The van der Waals surface area contributed by atoms with Crippen molar-refractivity contribution in [2.75, 3.05) is 6.61 Å². The second-order valence-corrected chi connectivity index (χ2v) is 20.0. The predicted molar refractivity (Wildman–Crippen MR) is 167 cm³/mol. The maximum absolute atomic E-state index is 11.9. The van der Waals surface area contributed by atoms with E-state index in [9.17, 15) is 9.90 Å². The Balaban J connectivity index is 1.27. The molecule has 0 radical (unpaired) electrons. The normalized spacial score (nSPS) is 29.9. The first-order valence-corrected chi connectivity index (χ1v) is 19.4. The molecule has 0 unspecified atom stereocenters. The lowest BCUT2D eigenvalue weighted by atomic mass is 9.52. The van der Waals surface area contributed by atoms with Gasteiger partial charge in [0.1, 0.15) is 11.9 Å². The Morgan fingerprint density at radius 3 is 2.38 bits per heavy atom. The van der Waals surface area contributed by atoms with Gasteiger partial charge in [0.05, 0.1) is 0 Å². The van der Waals surface area contributed by atoms with E-state index >= 15 is 0 Å². The smallest absolute Gasteiger partial charge is 0.302 e. The largest absolute Gasteiger partial charge is 0.508 e. The molecule has 40 heavy (non-hydrogen) atoms. The average molecular weight is 571 g/mol. The molecule has 0 bridgehead atoms. The molecule has 1 N–H and O–H groups in total. The number of unbranched alkanes of at least 4 members (excludes halogenated alkanes) is 6. The number of carbonyl (C=O) groups excluding carboxylic acids is 1. The number of ether oxygens (including phenoxy) is 1. The number of hydrogen-bond acceptors (Lipinski definition) is 4. The lowest BCUT2D eigenvalue weighted by molar-refractivity contribution is -0.155. The molecule has 1 aromatic rings. The molecular weight excluding hydrogens is 512 g/mol. The zero-order valence-electron chi connectivity index (χ0n) is 26.7. The number of carbonyl (C=O) groups is 1. The number of benzene rings is 1.